The monoisotopic (exact) mass is 273 g/mol. The highest BCUT2D eigenvalue weighted by Gasteiger charge is 2.09. The van der Waals surface area contributed by atoms with Crippen molar-refractivity contribution in [3.63, 3.8) is 0 Å². The van der Waals surface area contributed by atoms with Crippen molar-refractivity contribution in [2.45, 2.75) is 0 Å². The van der Waals surface area contributed by atoms with E-state index in [9.17, 15) is 4.79 Å². The van der Waals surface area contributed by atoms with E-state index in [2.05, 4.69) is 15.0 Å². The number of aromatic nitrogens is 3. The van der Waals surface area contributed by atoms with Crippen molar-refractivity contribution in [3.8, 4) is 11.4 Å². The first-order valence-corrected chi connectivity index (χ1v) is 6.66. The first-order valence-electron chi connectivity index (χ1n) is 6.66. The molecular weight excluding hydrogens is 262 g/mol. The zero-order valence-electron chi connectivity index (χ0n) is 11.1. The number of hydrogen-bond donors (Lipinski definition) is 1. The van der Waals surface area contributed by atoms with Crippen LogP contribution in [-0.4, -0.2) is 15.0 Å². The van der Waals surface area contributed by atoms with Gasteiger partial charge < -0.3 is 4.98 Å². The van der Waals surface area contributed by atoms with Crippen LogP contribution in [0.15, 0.2) is 65.6 Å². The van der Waals surface area contributed by atoms with Gasteiger partial charge in [0, 0.05) is 17.1 Å². The van der Waals surface area contributed by atoms with Gasteiger partial charge in [-0.3, -0.25) is 9.78 Å². The molecule has 0 unspecified atom stereocenters. The van der Waals surface area contributed by atoms with Crippen LogP contribution in [0, 0.1) is 0 Å². The van der Waals surface area contributed by atoms with Gasteiger partial charge in [0.15, 0.2) is 0 Å². The highest BCUT2D eigenvalue weighted by atomic mass is 16.1. The number of pyridine rings is 1. The molecule has 0 fully saturated rings. The summed E-state index contributed by atoms with van der Waals surface area (Å²) in [4.78, 5) is 24.0. The molecular formula is C17H11N3O. The molecule has 0 saturated heterocycles. The van der Waals surface area contributed by atoms with Crippen molar-refractivity contribution in [1.82, 2.24) is 15.0 Å². The van der Waals surface area contributed by atoms with Crippen LogP contribution >= 0.6 is 0 Å². The molecule has 100 valence electrons. The van der Waals surface area contributed by atoms with Gasteiger partial charge in [-0.25, -0.2) is 4.98 Å². The number of nitrogens with one attached hydrogen (secondary N) is 1. The second-order valence-electron chi connectivity index (χ2n) is 4.81. The fraction of sp³-hybridized carbons (Fsp3) is 0. The summed E-state index contributed by atoms with van der Waals surface area (Å²) in [6.07, 6.45) is 1.74. The number of H-pyrrole nitrogens is 1. The van der Waals surface area contributed by atoms with Gasteiger partial charge in [0.1, 0.15) is 5.82 Å². The molecule has 2 heterocycles. The largest absolute Gasteiger partial charge is 0.306 e. The standard InChI is InChI=1S/C17H11N3O/c21-17-12-7-1-2-9-14(12)19-16(20-17)13-8-3-5-11-6-4-10-18-15(11)13/h1-10H,(H,19,20,21). The Hall–Kier alpha value is -3.01. The maximum Gasteiger partial charge on any atom is 0.259 e. The Bertz CT molecular complexity index is 1020. The number of rotatable bonds is 1. The Morgan fingerprint density at radius 3 is 2.71 bits per heavy atom. The average Bonchev–Trinajstić information content (AvgIpc) is 2.54. The van der Waals surface area contributed by atoms with E-state index in [-0.39, 0.29) is 5.56 Å². The van der Waals surface area contributed by atoms with E-state index in [1.807, 2.05) is 48.5 Å². The maximum atomic E-state index is 12.2. The summed E-state index contributed by atoms with van der Waals surface area (Å²) >= 11 is 0. The molecule has 4 rings (SSSR count). The molecule has 0 amide bonds. The molecule has 4 heteroatoms. The predicted molar refractivity (Wildman–Crippen MR) is 83.1 cm³/mol. The van der Waals surface area contributed by atoms with E-state index in [0.717, 1.165) is 16.5 Å². The third-order valence-corrected chi connectivity index (χ3v) is 3.50. The summed E-state index contributed by atoms with van der Waals surface area (Å²) in [7, 11) is 0. The Balaban J connectivity index is 2.07. The van der Waals surface area contributed by atoms with Crippen LogP contribution in [0.5, 0.6) is 0 Å². The zero-order valence-corrected chi connectivity index (χ0v) is 11.1. The molecule has 0 spiro atoms. The third kappa shape index (κ3) is 1.89. The fourth-order valence-electron chi connectivity index (χ4n) is 2.51. The lowest BCUT2D eigenvalue weighted by Crippen LogP contribution is -2.09. The van der Waals surface area contributed by atoms with Crippen LogP contribution in [0.2, 0.25) is 0 Å². The lowest BCUT2D eigenvalue weighted by atomic mass is 10.1. The zero-order chi connectivity index (χ0) is 14.2. The summed E-state index contributed by atoms with van der Waals surface area (Å²) in [6.45, 7) is 0. The summed E-state index contributed by atoms with van der Waals surface area (Å²) in [5.41, 5.74) is 2.21. The van der Waals surface area contributed by atoms with E-state index in [0.29, 0.717) is 16.7 Å². The maximum absolute atomic E-state index is 12.2. The smallest absolute Gasteiger partial charge is 0.259 e. The molecule has 2 aromatic carbocycles. The number of fused-ring (bicyclic) bond motifs is 2. The van der Waals surface area contributed by atoms with E-state index in [1.54, 1.807) is 12.3 Å². The number of para-hydroxylation sites is 2. The number of hydrogen-bond acceptors (Lipinski definition) is 3. The van der Waals surface area contributed by atoms with E-state index in [4.69, 9.17) is 0 Å². The molecule has 0 aliphatic heterocycles. The quantitative estimate of drug-likeness (QED) is 0.579. The second-order valence-corrected chi connectivity index (χ2v) is 4.81. The molecule has 0 aliphatic carbocycles. The SMILES string of the molecule is O=c1[nH]c(-c2cccc3cccnc23)nc2ccccc12. The summed E-state index contributed by atoms with van der Waals surface area (Å²) in [5, 5.41) is 1.61. The number of benzene rings is 2. The lowest BCUT2D eigenvalue weighted by molar-refractivity contribution is 1.18. The molecule has 0 bridgehead atoms. The van der Waals surface area contributed by atoms with Crippen LogP contribution in [0.3, 0.4) is 0 Å². The van der Waals surface area contributed by atoms with Crippen molar-refractivity contribution < 1.29 is 0 Å². The third-order valence-electron chi connectivity index (χ3n) is 3.50. The van der Waals surface area contributed by atoms with Crippen LogP contribution in [-0.2, 0) is 0 Å². The fourth-order valence-corrected chi connectivity index (χ4v) is 2.51. The van der Waals surface area contributed by atoms with Gasteiger partial charge in [-0.15, -0.1) is 0 Å². The van der Waals surface area contributed by atoms with Crippen LogP contribution in [0.4, 0.5) is 0 Å². The van der Waals surface area contributed by atoms with Gasteiger partial charge >= 0.3 is 0 Å². The van der Waals surface area contributed by atoms with Gasteiger partial charge in [-0.05, 0) is 24.3 Å². The summed E-state index contributed by atoms with van der Waals surface area (Å²) < 4.78 is 0. The van der Waals surface area contributed by atoms with E-state index >= 15 is 0 Å². The Morgan fingerprint density at radius 1 is 0.905 bits per heavy atom. The molecule has 4 aromatic rings. The Morgan fingerprint density at radius 2 is 1.76 bits per heavy atom. The van der Waals surface area contributed by atoms with Crippen LogP contribution in [0.1, 0.15) is 0 Å². The summed E-state index contributed by atoms with van der Waals surface area (Å²) in [5.74, 6) is 0.544. The van der Waals surface area contributed by atoms with Gasteiger partial charge in [0.25, 0.3) is 5.56 Å². The summed E-state index contributed by atoms with van der Waals surface area (Å²) in [6, 6.07) is 17.0. The van der Waals surface area contributed by atoms with Crippen LogP contribution in [0.25, 0.3) is 33.2 Å². The molecule has 2 aromatic heterocycles. The average molecular weight is 273 g/mol. The highest BCUT2D eigenvalue weighted by molar-refractivity contribution is 5.92. The first kappa shape index (κ1) is 11.8. The molecule has 0 atom stereocenters. The number of aromatic amines is 1. The second kappa shape index (κ2) is 4.52. The van der Waals surface area contributed by atoms with Gasteiger partial charge in [-0.2, -0.15) is 0 Å². The molecule has 21 heavy (non-hydrogen) atoms. The Labute approximate surface area is 120 Å². The molecule has 1 N–H and O–H groups in total. The molecule has 0 saturated carbocycles. The van der Waals surface area contributed by atoms with Crippen molar-refractivity contribution in [2.75, 3.05) is 0 Å². The predicted octanol–water partition coefficient (Wildman–Crippen LogP) is 3.14. The van der Waals surface area contributed by atoms with E-state index in [1.165, 1.54) is 0 Å². The lowest BCUT2D eigenvalue weighted by Gasteiger charge is -2.06. The van der Waals surface area contributed by atoms with Crippen molar-refractivity contribution in [2.24, 2.45) is 0 Å². The topological polar surface area (TPSA) is 58.6 Å². The molecule has 0 aliphatic rings. The minimum absolute atomic E-state index is 0.136. The Kier molecular flexibility index (Phi) is 2.54. The van der Waals surface area contributed by atoms with Gasteiger partial charge in [-0.1, -0.05) is 30.3 Å². The van der Waals surface area contributed by atoms with Crippen molar-refractivity contribution in [3.05, 3.63) is 71.1 Å². The molecule has 0 radical (unpaired) electrons. The van der Waals surface area contributed by atoms with Gasteiger partial charge in [0.2, 0.25) is 0 Å². The van der Waals surface area contributed by atoms with Crippen molar-refractivity contribution >= 4 is 21.8 Å². The minimum atomic E-state index is -0.136. The number of nitrogens with zero attached hydrogens (tertiary/aromatic N) is 2. The first-order chi connectivity index (χ1) is 10.3. The molecule has 4 nitrogen and oxygen atoms in total. The van der Waals surface area contributed by atoms with Gasteiger partial charge in [0.05, 0.1) is 16.4 Å². The van der Waals surface area contributed by atoms with Crippen LogP contribution < -0.4 is 5.56 Å². The highest BCUT2D eigenvalue weighted by Crippen LogP contribution is 2.24. The van der Waals surface area contributed by atoms with E-state index < -0.39 is 0 Å². The van der Waals surface area contributed by atoms with Crippen molar-refractivity contribution in [1.29, 1.82) is 0 Å². The normalized spacial score (nSPS) is 11.0. The minimum Gasteiger partial charge on any atom is -0.306 e.